The van der Waals surface area contributed by atoms with Crippen molar-refractivity contribution in [3.8, 4) is 0 Å². The van der Waals surface area contributed by atoms with E-state index in [1.807, 2.05) is 18.5 Å². The molecular weight excluding hydrogens is 186 g/mol. The Kier molecular flexibility index (Phi) is 2.25. The zero-order chi connectivity index (χ0) is 11.2. The molecule has 2 aromatic heterocycles. The second kappa shape index (κ2) is 3.33. The highest BCUT2D eigenvalue weighted by Gasteiger charge is 2.13. The Hall–Kier alpha value is -1.38. The summed E-state index contributed by atoms with van der Waals surface area (Å²) < 4.78 is 2.00. The third-order valence-corrected chi connectivity index (χ3v) is 2.65. The molecule has 2 aromatic rings. The Morgan fingerprint density at radius 2 is 1.87 bits per heavy atom. The molecule has 2 heterocycles. The smallest absolute Gasteiger partial charge is 0.158 e. The second-order valence-electron chi connectivity index (χ2n) is 4.40. The lowest BCUT2D eigenvalue weighted by Crippen LogP contribution is -2.04. The van der Waals surface area contributed by atoms with Gasteiger partial charge in [-0.05, 0) is 46.2 Å². The summed E-state index contributed by atoms with van der Waals surface area (Å²) in [6.45, 7) is 10.5. The molecule has 0 aliphatic rings. The van der Waals surface area contributed by atoms with Crippen LogP contribution in [-0.4, -0.2) is 14.8 Å². The van der Waals surface area contributed by atoms with Crippen LogP contribution in [-0.2, 0) is 0 Å². The number of fused-ring (bicyclic) bond motifs is 1. The van der Waals surface area contributed by atoms with Crippen LogP contribution >= 0.6 is 0 Å². The highest BCUT2D eigenvalue weighted by Crippen LogP contribution is 2.23. The number of rotatable bonds is 1. The van der Waals surface area contributed by atoms with Crippen molar-refractivity contribution in [1.29, 1.82) is 0 Å². The zero-order valence-corrected chi connectivity index (χ0v) is 10.00. The lowest BCUT2D eigenvalue weighted by Gasteiger charge is -2.06. The van der Waals surface area contributed by atoms with Crippen molar-refractivity contribution in [2.75, 3.05) is 0 Å². The fourth-order valence-electron chi connectivity index (χ4n) is 2.05. The lowest BCUT2D eigenvalue weighted by molar-refractivity contribution is 0.542. The van der Waals surface area contributed by atoms with Crippen molar-refractivity contribution in [3.63, 3.8) is 0 Å². The van der Waals surface area contributed by atoms with Gasteiger partial charge in [0.2, 0.25) is 0 Å². The summed E-state index contributed by atoms with van der Waals surface area (Å²) in [6.07, 6.45) is 0. The summed E-state index contributed by atoms with van der Waals surface area (Å²) in [7, 11) is 0. The van der Waals surface area contributed by atoms with Crippen LogP contribution < -0.4 is 0 Å². The highest BCUT2D eigenvalue weighted by atomic mass is 15.3. The molecule has 0 radical (unpaired) electrons. The van der Waals surface area contributed by atoms with Crippen LogP contribution in [0.3, 0.4) is 0 Å². The van der Waals surface area contributed by atoms with Crippen molar-refractivity contribution in [1.82, 2.24) is 14.8 Å². The Labute approximate surface area is 90.1 Å². The zero-order valence-electron chi connectivity index (χ0n) is 10.00. The van der Waals surface area contributed by atoms with Crippen LogP contribution in [0, 0.1) is 20.8 Å². The Balaban J connectivity index is 2.87. The monoisotopic (exact) mass is 203 g/mol. The molecule has 0 saturated heterocycles. The fraction of sp³-hybridized carbons (Fsp3) is 0.500. The molecule has 0 fully saturated rings. The van der Waals surface area contributed by atoms with Gasteiger partial charge in [-0.3, -0.25) is 0 Å². The molecule has 0 unspecified atom stereocenters. The van der Waals surface area contributed by atoms with E-state index >= 15 is 0 Å². The number of hydrogen-bond donors (Lipinski definition) is 0. The van der Waals surface area contributed by atoms with E-state index in [-0.39, 0.29) is 0 Å². The van der Waals surface area contributed by atoms with Gasteiger partial charge in [0.25, 0.3) is 0 Å². The van der Waals surface area contributed by atoms with Gasteiger partial charge >= 0.3 is 0 Å². The molecular formula is C12H17N3. The van der Waals surface area contributed by atoms with Crippen LogP contribution in [0.15, 0.2) is 6.07 Å². The number of nitrogens with zero attached hydrogens (tertiary/aromatic N) is 3. The van der Waals surface area contributed by atoms with Crippen LogP contribution in [0.5, 0.6) is 0 Å². The first-order chi connectivity index (χ1) is 7.00. The number of pyridine rings is 1. The molecule has 3 heteroatoms. The van der Waals surface area contributed by atoms with E-state index in [9.17, 15) is 0 Å². The van der Waals surface area contributed by atoms with E-state index in [1.165, 1.54) is 10.9 Å². The molecule has 0 spiro atoms. The summed E-state index contributed by atoms with van der Waals surface area (Å²) in [5.41, 5.74) is 4.41. The largest absolute Gasteiger partial charge is 0.244 e. The van der Waals surface area contributed by atoms with Gasteiger partial charge in [0.15, 0.2) is 5.65 Å². The van der Waals surface area contributed by atoms with Gasteiger partial charge < -0.3 is 0 Å². The van der Waals surface area contributed by atoms with E-state index in [2.05, 4.69) is 36.9 Å². The Bertz CT molecular complexity index is 509. The molecule has 0 aromatic carbocycles. The van der Waals surface area contributed by atoms with Gasteiger partial charge in [0.1, 0.15) is 0 Å². The van der Waals surface area contributed by atoms with E-state index in [1.54, 1.807) is 0 Å². The van der Waals surface area contributed by atoms with E-state index < -0.39 is 0 Å². The summed E-state index contributed by atoms with van der Waals surface area (Å²) in [4.78, 5) is 4.58. The van der Waals surface area contributed by atoms with Crippen LogP contribution in [0.1, 0.15) is 36.8 Å². The van der Waals surface area contributed by atoms with Crippen LogP contribution in [0.4, 0.5) is 0 Å². The molecule has 0 bridgehead atoms. The van der Waals surface area contributed by atoms with Crippen molar-refractivity contribution < 1.29 is 0 Å². The molecule has 15 heavy (non-hydrogen) atoms. The van der Waals surface area contributed by atoms with Crippen molar-refractivity contribution >= 4 is 11.0 Å². The first-order valence-corrected chi connectivity index (χ1v) is 5.33. The maximum atomic E-state index is 4.58. The highest BCUT2D eigenvalue weighted by molar-refractivity contribution is 5.82. The molecule has 0 N–H and O–H groups in total. The lowest BCUT2D eigenvalue weighted by atomic mass is 10.1. The van der Waals surface area contributed by atoms with Crippen molar-refractivity contribution in [3.05, 3.63) is 23.0 Å². The average Bonchev–Trinajstić information content (AvgIpc) is 2.42. The first kappa shape index (κ1) is 10.1. The SMILES string of the molecule is Cc1cc(C)c2c(C)nn(C(C)C)c2n1. The van der Waals surface area contributed by atoms with Crippen LogP contribution in [0.25, 0.3) is 11.0 Å². The Morgan fingerprint density at radius 3 is 2.47 bits per heavy atom. The van der Waals surface area contributed by atoms with Crippen LogP contribution in [0.2, 0.25) is 0 Å². The minimum atomic E-state index is 0.356. The molecule has 3 nitrogen and oxygen atoms in total. The normalized spacial score (nSPS) is 11.6. The van der Waals surface area contributed by atoms with Gasteiger partial charge in [-0.2, -0.15) is 5.10 Å². The van der Waals surface area contributed by atoms with E-state index in [4.69, 9.17) is 0 Å². The fourth-order valence-corrected chi connectivity index (χ4v) is 2.05. The topological polar surface area (TPSA) is 30.7 Å². The standard InChI is InChI=1S/C12H17N3/c1-7(2)15-12-11(10(5)14-15)8(3)6-9(4)13-12/h6-7H,1-5H3. The molecule has 0 amide bonds. The van der Waals surface area contributed by atoms with Gasteiger partial charge in [0, 0.05) is 17.1 Å². The molecule has 80 valence electrons. The van der Waals surface area contributed by atoms with Gasteiger partial charge in [-0.25, -0.2) is 9.67 Å². The summed E-state index contributed by atoms with van der Waals surface area (Å²) >= 11 is 0. The minimum absolute atomic E-state index is 0.356. The average molecular weight is 203 g/mol. The molecule has 0 aliphatic heterocycles. The summed E-state index contributed by atoms with van der Waals surface area (Å²) in [5.74, 6) is 0. The third-order valence-electron chi connectivity index (χ3n) is 2.65. The van der Waals surface area contributed by atoms with Gasteiger partial charge in [0.05, 0.1) is 5.69 Å². The maximum Gasteiger partial charge on any atom is 0.158 e. The van der Waals surface area contributed by atoms with E-state index in [0.717, 1.165) is 17.0 Å². The Morgan fingerprint density at radius 1 is 1.20 bits per heavy atom. The third kappa shape index (κ3) is 1.52. The summed E-state index contributed by atoms with van der Waals surface area (Å²) in [6, 6.07) is 2.47. The number of hydrogen-bond acceptors (Lipinski definition) is 2. The van der Waals surface area contributed by atoms with Crippen molar-refractivity contribution in [2.24, 2.45) is 0 Å². The van der Waals surface area contributed by atoms with Gasteiger partial charge in [-0.15, -0.1) is 0 Å². The molecule has 0 aliphatic carbocycles. The number of aromatic nitrogens is 3. The maximum absolute atomic E-state index is 4.58. The van der Waals surface area contributed by atoms with Crippen molar-refractivity contribution in [2.45, 2.75) is 40.7 Å². The molecule has 2 rings (SSSR count). The molecule has 0 atom stereocenters. The second-order valence-corrected chi connectivity index (χ2v) is 4.40. The summed E-state index contributed by atoms with van der Waals surface area (Å²) in [5, 5.41) is 5.75. The number of aryl methyl sites for hydroxylation is 3. The van der Waals surface area contributed by atoms with E-state index in [0.29, 0.717) is 6.04 Å². The predicted octanol–water partition coefficient (Wildman–Crippen LogP) is 2.94. The quantitative estimate of drug-likeness (QED) is 0.713. The van der Waals surface area contributed by atoms with Gasteiger partial charge in [-0.1, -0.05) is 0 Å². The minimum Gasteiger partial charge on any atom is -0.244 e. The molecule has 0 saturated carbocycles. The predicted molar refractivity (Wildman–Crippen MR) is 62.1 cm³/mol. The first-order valence-electron chi connectivity index (χ1n) is 5.33.